The zero-order valence-corrected chi connectivity index (χ0v) is 13.3. The average Bonchev–Trinajstić information content (AvgIpc) is 2.54. The van der Waals surface area contributed by atoms with Gasteiger partial charge in [-0.1, -0.05) is 18.2 Å². The molecular weight excluding hydrogens is 290 g/mol. The highest BCUT2D eigenvalue weighted by atomic mass is 16.5. The van der Waals surface area contributed by atoms with E-state index in [2.05, 4.69) is 11.4 Å². The fourth-order valence-electron chi connectivity index (χ4n) is 2.34. The van der Waals surface area contributed by atoms with Crippen LogP contribution in [0, 0.1) is 11.3 Å². The summed E-state index contributed by atoms with van der Waals surface area (Å²) in [5, 5.41) is 11.7. The quantitative estimate of drug-likeness (QED) is 0.843. The molecule has 0 bridgehead atoms. The Labute approximate surface area is 136 Å². The molecule has 0 fully saturated rings. The molecule has 2 rings (SSSR count). The van der Waals surface area contributed by atoms with E-state index in [1.165, 1.54) is 0 Å². The number of likely N-dealkylation sites (N-methyl/N-ethyl adjacent to an activating group) is 1. The highest BCUT2D eigenvalue weighted by molar-refractivity contribution is 5.91. The van der Waals surface area contributed by atoms with E-state index in [-0.39, 0.29) is 5.91 Å². The van der Waals surface area contributed by atoms with Crippen LogP contribution in [0.5, 0.6) is 5.75 Å². The normalized spacial score (nSPS) is 11.3. The minimum Gasteiger partial charge on any atom is -0.497 e. The van der Waals surface area contributed by atoms with Gasteiger partial charge in [-0.05, 0) is 30.3 Å². The lowest BCUT2D eigenvalue weighted by molar-refractivity contribution is -0.885. The number of rotatable bonds is 6. The zero-order valence-electron chi connectivity index (χ0n) is 13.3. The molecular formula is C18H20N3O2+. The second-order valence-electron chi connectivity index (χ2n) is 5.40. The molecule has 1 unspecified atom stereocenters. The summed E-state index contributed by atoms with van der Waals surface area (Å²) < 4.78 is 5.20. The second kappa shape index (κ2) is 7.97. The van der Waals surface area contributed by atoms with Crippen LogP contribution in [0.2, 0.25) is 0 Å². The van der Waals surface area contributed by atoms with Gasteiger partial charge in [-0.2, -0.15) is 5.26 Å². The van der Waals surface area contributed by atoms with Crippen LogP contribution in [-0.4, -0.2) is 26.6 Å². The van der Waals surface area contributed by atoms with Gasteiger partial charge in [-0.3, -0.25) is 4.79 Å². The van der Waals surface area contributed by atoms with Crippen LogP contribution in [0.1, 0.15) is 11.1 Å². The Kier molecular flexibility index (Phi) is 5.73. The van der Waals surface area contributed by atoms with Crippen molar-refractivity contribution in [3.05, 3.63) is 59.7 Å². The molecule has 0 aromatic heterocycles. The molecule has 0 radical (unpaired) electrons. The third-order valence-corrected chi connectivity index (χ3v) is 3.38. The summed E-state index contributed by atoms with van der Waals surface area (Å²) in [7, 11) is 3.60. The van der Waals surface area contributed by atoms with E-state index >= 15 is 0 Å². The number of nitrogens with zero attached hydrogens (tertiary/aromatic N) is 1. The van der Waals surface area contributed by atoms with Crippen molar-refractivity contribution in [2.75, 3.05) is 26.0 Å². The number of hydrogen-bond acceptors (Lipinski definition) is 3. The number of anilines is 1. The molecule has 0 saturated heterocycles. The molecule has 0 saturated carbocycles. The smallest absolute Gasteiger partial charge is 0.279 e. The maximum Gasteiger partial charge on any atom is 0.279 e. The Morgan fingerprint density at radius 2 is 2.04 bits per heavy atom. The molecule has 0 aliphatic heterocycles. The van der Waals surface area contributed by atoms with Gasteiger partial charge in [0, 0.05) is 11.3 Å². The van der Waals surface area contributed by atoms with Crippen molar-refractivity contribution in [2.24, 2.45) is 0 Å². The number of carbonyl (C=O) groups excluding carboxylic acids is 1. The standard InChI is InChI=1S/C18H19N3O2/c1-21(12-15-6-4-8-17(10-15)23-2)13-18(22)20-16-7-3-5-14(9-16)11-19/h3-10H,12-13H2,1-2H3,(H,20,22)/p+1. The third-order valence-electron chi connectivity index (χ3n) is 3.38. The van der Waals surface area contributed by atoms with Crippen molar-refractivity contribution in [2.45, 2.75) is 6.54 Å². The lowest BCUT2D eigenvalue weighted by Gasteiger charge is -2.14. The lowest BCUT2D eigenvalue weighted by atomic mass is 10.2. The minimum atomic E-state index is -0.0829. The van der Waals surface area contributed by atoms with Crippen LogP contribution in [0.25, 0.3) is 0 Å². The monoisotopic (exact) mass is 310 g/mol. The second-order valence-corrected chi connectivity index (χ2v) is 5.40. The number of amides is 1. The van der Waals surface area contributed by atoms with Gasteiger partial charge in [-0.15, -0.1) is 0 Å². The fourth-order valence-corrected chi connectivity index (χ4v) is 2.34. The van der Waals surface area contributed by atoms with E-state index in [9.17, 15) is 4.79 Å². The highest BCUT2D eigenvalue weighted by Crippen LogP contribution is 2.11. The van der Waals surface area contributed by atoms with Crippen LogP contribution in [-0.2, 0) is 11.3 Å². The van der Waals surface area contributed by atoms with E-state index in [1.807, 2.05) is 31.3 Å². The van der Waals surface area contributed by atoms with E-state index in [0.717, 1.165) is 22.8 Å². The topological polar surface area (TPSA) is 66.6 Å². The molecule has 118 valence electrons. The number of nitrogens with one attached hydrogen (secondary N) is 2. The first-order valence-electron chi connectivity index (χ1n) is 7.35. The van der Waals surface area contributed by atoms with Gasteiger partial charge in [0.05, 0.1) is 25.8 Å². The molecule has 0 aliphatic rings. The molecule has 5 heteroatoms. The molecule has 23 heavy (non-hydrogen) atoms. The summed E-state index contributed by atoms with van der Waals surface area (Å²) in [5.41, 5.74) is 2.28. The van der Waals surface area contributed by atoms with Crippen LogP contribution >= 0.6 is 0 Å². The lowest BCUT2D eigenvalue weighted by Crippen LogP contribution is -3.08. The molecule has 2 aromatic carbocycles. The van der Waals surface area contributed by atoms with Gasteiger partial charge in [0.1, 0.15) is 12.3 Å². The number of ether oxygens (including phenoxy) is 1. The maximum absolute atomic E-state index is 12.1. The van der Waals surface area contributed by atoms with E-state index in [0.29, 0.717) is 17.8 Å². The Morgan fingerprint density at radius 1 is 1.26 bits per heavy atom. The minimum absolute atomic E-state index is 0.0829. The van der Waals surface area contributed by atoms with Gasteiger partial charge in [-0.25, -0.2) is 0 Å². The molecule has 2 aromatic rings. The fraction of sp³-hybridized carbons (Fsp3) is 0.222. The Morgan fingerprint density at radius 3 is 2.78 bits per heavy atom. The van der Waals surface area contributed by atoms with Crippen LogP contribution in [0.3, 0.4) is 0 Å². The number of carbonyl (C=O) groups is 1. The van der Waals surface area contributed by atoms with Gasteiger partial charge < -0.3 is 15.0 Å². The first-order chi connectivity index (χ1) is 11.1. The predicted molar refractivity (Wildman–Crippen MR) is 88.2 cm³/mol. The molecule has 1 amide bonds. The first-order valence-corrected chi connectivity index (χ1v) is 7.35. The van der Waals surface area contributed by atoms with Gasteiger partial charge in [0.2, 0.25) is 0 Å². The number of hydrogen-bond donors (Lipinski definition) is 2. The highest BCUT2D eigenvalue weighted by Gasteiger charge is 2.11. The van der Waals surface area contributed by atoms with Gasteiger partial charge >= 0.3 is 0 Å². The van der Waals surface area contributed by atoms with E-state index in [1.54, 1.807) is 31.4 Å². The summed E-state index contributed by atoms with van der Waals surface area (Å²) >= 11 is 0. The van der Waals surface area contributed by atoms with Crippen LogP contribution in [0.15, 0.2) is 48.5 Å². The molecule has 0 spiro atoms. The maximum atomic E-state index is 12.1. The zero-order chi connectivity index (χ0) is 16.7. The summed E-state index contributed by atoms with van der Waals surface area (Å²) in [4.78, 5) is 13.2. The van der Waals surface area contributed by atoms with E-state index in [4.69, 9.17) is 10.00 Å². The molecule has 2 N–H and O–H groups in total. The van der Waals surface area contributed by atoms with Crippen molar-refractivity contribution in [1.82, 2.24) is 0 Å². The molecule has 0 aliphatic carbocycles. The first kappa shape index (κ1) is 16.5. The Bertz CT molecular complexity index is 722. The third kappa shape index (κ3) is 5.13. The van der Waals surface area contributed by atoms with Crippen molar-refractivity contribution in [3.63, 3.8) is 0 Å². The molecule has 0 heterocycles. The van der Waals surface area contributed by atoms with Crippen LogP contribution in [0.4, 0.5) is 5.69 Å². The van der Waals surface area contributed by atoms with Crippen LogP contribution < -0.4 is 15.0 Å². The van der Waals surface area contributed by atoms with E-state index < -0.39 is 0 Å². The number of quaternary nitrogens is 1. The van der Waals surface area contributed by atoms with Crippen molar-refractivity contribution < 1.29 is 14.4 Å². The largest absolute Gasteiger partial charge is 0.497 e. The Balaban J connectivity index is 1.90. The SMILES string of the molecule is COc1cccc(C[NH+](C)CC(=O)Nc2cccc(C#N)c2)c1. The van der Waals surface area contributed by atoms with Gasteiger partial charge in [0.25, 0.3) is 5.91 Å². The number of benzene rings is 2. The van der Waals surface area contributed by atoms with Crippen molar-refractivity contribution in [3.8, 4) is 11.8 Å². The molecule has 1 atom stereocenters. The number of nitriles is 1. The summed E-state index contributed by atoms with van der Waals surface area (Å²) in [5.74, 6) is 0.730. The Hall–Kier alpha value is -2.84. The summed E-state index contributed by atoms with van der Waals surface area (Å²) in [6.45, 7) is 1.07. The summed E-state index contributed by atoms with van der Waals surface area (Å²) in [6, 6.07) is 16.8. The summed E-state index contributed by atoms with van der Waals surface area (Å²) in [6.07, 6.45) is 0. The predicted octanol–water partition coefficient (Wildman–Crippen LogP) is 1.22. The van der Waals surface area contributed by atoms with Crippen molar-refractivity contribution >= 4 is 11.6 Å². The van der Waals surface area contributed by atoms with Crippen molar-refractivity contribution in [1.29, 1.82) is 5.26 Å². The molecule has 5 nitrogen and oxygen atoms in total. The average molecular weight is 310 g/mol. The van der Waals surface area contributed by atoms with Gasteiger partial charge in [0.15, 0.2) is 6.54 Å². The number of methoxy groups -OCH3 is 1.